The highest BCUT2D eigenvalue weighted by Crippen LogP contribution is 2.27. The summed E-state index contributed by atoms with van der Waals surface area (Å²) in [4.78, 5) is 13.0. The summed E-state index contributed by atoms with van der Waals surface area (Å²) >= 11 is 6.34. The Morgan fingerprint density at radius 1 is 1.23 bits per heavy atom. The average molecular weight is 471 g/mol. The number of rotatable bonds is 6. The summed E-state index contributed by atoms with van der Waals surface area (Å²) in [5.74, 6) is 0.387. The van der Waals surface area contributed by atoms with Gasteiger partial charge in [-0.2, -0.15) is 14.5 Å². The molecular weight excluding hydrogens is 444 g/mol. The number of nitrogens with zero attached hydrogens (tertiary/aromatic N) is 5. The number of aromatic nitrogens is 4. The van der Waals surface area contributed by atoms with Crippen molar-refractivity contribution in [3.8, 4) is 0 Å². The minimum atomic E-state index is -3.59. The third-order valence-electron chi connectivity index (χ3n) is 5.87. The fraction of sp³-hybridized carbons (Fsp3) is 0.632. The van der Waals surface area contributed by atoms with E-state index in [4.69, 9.17) is 16.3 Å². The second-order valence-corrected chi connectivity index (χ2v) is 10.4. The summed E-state index contributed by atoms with van der Waals surface area (Å²) in [6, 6.07) is -0.203. The maximum atomic E-state index is 12.8. The molecule has 2 aliphatic rings. The predicted octanol–water partition coefficient (Wildman–Crippen LogP) is 1.49. The molecule has 1 atom stereocenters. The molecule has 2 aromatic rings. The van der Waals surface area contributed by atoms with E-state index >= 15 is 0 Å². The largest absolute Gasteiger partial charge is 0.382 e. The third kappa shape index (κ3) is 4.79. The zero-order chi connectivity index (χ0) is 22.0. The molecule has 2 fully saturated rings. The molecule has 4 heterocycles. The van der Waals surface area contributed by atoms with Crippen LogP contribution < -0.4 is 10.9 Å². The quantitative estimate of drug-likeness (QED) is 0.680. The van der Waals surface area contributed by atoms with Crippen molar-refractivity contribution in [2.45, 2.75) is 36.6 Å². The molecule has 0 saturated carbocycles. The molecule has 2 saturated heterocycles. The van der Waals surface area contributed by atoms with Gasteiger partial charge in [0.2, 0.25) is 10.0 Å². The number of piperidine rings is 1. The fourth-order valence-electron chi connectivity index (χ4n) is 4.06. The summed E-state index contributed by atoms with van der Waals surface area (Å²) in [6.07, 6.45) is 7.48. The molecule has 0 radical (unpaired) electrons. The Morgan fingerprint density at radius 2 is 2.00 bits per heavy atom. The van der Waals surface area contributed by atoms with Crippen molar-refractivity contribution in [1.82, 2.24) is 23.9 Å². The lowest BCUT2D eigenvalue weighted by Gasteiger charge is -2.31. The van der Waals surface area contributed by atoms with Crippen molar-refractivity contribution in [3.63, 3.8) is 0 Å². The van der Waals surface area contributed by atoms with Crippen molar-refractivity contribution in [2.24, 2.45) is 13.0 Å². The SMILES string of the molecule is Cn1cc(S(=O)(=O)N2CCC(n3ncc(NC[C@@H]4CCCOC4)c(Cl)c3=O)CC2)cn1. The molecule has 2 aliphatic heterocycles. The van der Waals surface area contributed by atoms with Crippen LogP contribution in [-0.4, -0.2) is 65.1 Å². The number of sulfonamides is 1. The van der Waals surface area contributed by atoms with Crippen molar-refractivity contribution in [3.05, 3.63) is 34.0 Å². The second kappa shape index (κ2) is 9.27. The molecular formula is C19H27ClN6O4S. The Labute approximate surface area is 186 Å². The van der Waals surface area contributed by atoms with E-state index in [0.29, 0.717) is 50.7 Å². The standard InChI is InChI=1S/C19H27ClN6O4S/c1-24-12-16(10-22-24)31(28,29)25-6-4-15(5-7-25)26-19(27)18(20)17(11-23-26)21-9-14-3-2-8-30-13-14/h10-12,14-15,21H,2-9,13H2,1H3/t14-/m0/s1. The van der Waals surface area contributed by atoms with Crippen molar-refractivity contribution in [2.75, 3.05) is 38.2 Å². The number of ether oxygens (including phenoxy) is 1. The van der Waals surface area contributed by atoms with E-state index in [2.05, 4.69) is 15.5 Å². The number of aryl methyl sites for hydroxylation is 1. The van der Waals surface area contributed by atoms with Gasteiger partial charge in [-0.3, -0.25) is 9.48 Å². The van der Waals surface area contributed by atoms with E-state index in [1.165, 1.54) is 26.1 Å². The molecule has 0 amide bonds. The molecule has 12 heteroatoms. The average Bonchev–Trinajstić information content (AvgIpc) is 3.23. The minimum Gasteiger partial charge on any atom is -0.382 e. The molecule has 2 aromatic heterocycles. The minimum absolute atomic E-state index is 0.108. The lowest BCUT2D eigenvalue weighted by atomic mass is 10.0. The van der Waals surface area contributed by atoms with Gasteiger partial charge in [-0.05, 0) is 31.6 Å². The van der Waals surface area contributed by atoms with Crippen LogP contribution in [0.2, 0.25) is 5.02 Å². The van der Waals surface area contributed by atoms with Crippen LogP contribution in [-0.2, 0) is 21.8 Å². The van der Waals surface area contributed by atoms with Gasteiger partial charge in [-0.1, -0.05) is 11.6 Å². The molecule has 0 bridgehead atoms. The highest BCUT2D eigenvalue weighted by Gasteiger charge is 2.32. The molecule has 170 valence electrons. The van der Waals surface area contributed by atoms with Gasteiger partial charge in [0, 0.05) is 39.5 Å². The highest BCUT2D eigenvalue weighted by molar-refractivity contribution is 7.89. The van der Waals surface area contributed by atoms with Gasteiger partial charge >= 0.3 is 0 Å². The third-order valence-corrected chi connectivity index (χ3v) is 8.08. The summed E-state index contributed by atoms with van der Waals surface area (Å²) in [7, 11) is -1.92. The first-order valence-corrected chi connectivity index (χ1v) is 12.3. The Hall–Kier alpha value is -1.95. The smallest absolute Gasteiger partial charge is 0.287 e. The van der Waals surface area contributed by atoms with Gasteiger partial charge in [0.25, 0.3) is 5.56 Å². The van der Waals surface area contributed by atoms with Gasteiger partial charge in [-0.15, -0.1) is 0 Å². The zero-order valence-electron chi connectivity index (χ0n) is 17.4. The first kappa shape index (κ1) is 22.3. The lowest BCUT2D eigenvalue weighted by Crippen LogP contribution is -2.41. The fourth-order valence-corrected chi connectivity index (χ4v) is 5.72. The van der Waals surface area contributed by atoms with E-state index in [1.54, 1.807) is 13.2 Å². The van der Waals surface area contributed by atoms with Crippen LogP contribution in [0.25, 0.3) is 0 Å². The van der Waals surface area contributed by atoms with Gasteiger partial charge in [0.05, 0.1) is 30.7 Å². The maximum Gasteiger partial charge on any atom is 0.287 e. The van der Waals surface area contributed by atoms with Gasteiger partial charge in [-0.25, -0.2) is 13.1 Å². The first-order valence-electron chi connectivity index (χ1n) is 10.4. The van der Waals surface area contributed by atoms with Gasteiger partial charge in [0.15, 0.2) is 0 Å². The molecule has 0 aliphatic carbocycles. The second-order valence-electron chi connectivity index (χ2n) is 8.07. The number of halogens is 1. The first-order chi connectivity index (χ1) is 14.9. The normalized spacial score (nSPS) is 21.3. The Kier molecular flexibility index (Phi) is 6.65. The summed E-state index contributed by atoms with van der Waals surface area (Å²) in [6.45, 7) is 2.78. The van der Waals surface area contributed by atoms with Crippen molar-refractivity contribution >= 4 is 27.3 Å². The zero-order valence-corrected chi connectivity index (χ0v) is 19.0. The molecule has 0 unspecified atom stereocenters. The number of hydrogen-bond acceptors (Lipinski definition) is 7. The maximum absolute atomic E-state index is 12.8. The number of anilines is 1. The van der Waals surface area contributed by atoms with E-state index in [0.717, 1.165) is 19.4 Å². The highest BCUT2D eigenvalue weighted by atomic mass is 35.5. The summed E-state index contributed by atoms with van der Waals surface area (Å²) in [5, 5.41) is 11.6. The Morgan fingerprint density at radius 3 is 2.65 bits per heavy atom. The van der Waals surface area contributed by atoms with Gasteiger partial charge < -0.3 is 10.1 Å². The monoisotopic (exact) mass is 470 g/mol. The van der Waals surface area contributed by atoms with Crippen molar-refractivity contribution in [1.29, 1.82) is 0 Å². The van der Waals surface area contributed by atoms with Crippen LogP contribution in [0.5, 0.6) is 0 Å². The van der Waals surface area contributed by atoms with E-state index in [9.17, 15) is 13.2 Å². The Bertz CT molecular complexity index is 1070. The van der Waals surface area contributed by atoms with E-state index in [-0.39, 0.29) is 21.5 Å². The number of hydrogen-bond donors (Lipinski definition) is 1. The van der Waals surface area contributed by atoms with Crippen LogP contribution in [0.1, 0.15) is 31.7 Å². The van der Waals surface area contributed by atoms with Gasteiger partial charge in [0.1, 0.15) is 9.92 Å². The van der Waals surface area contributed by atoms with Crippen LogP contribution in [0.3, 0.4) is 0 Å². The molecule has 4 rings (SSSR count). The lowest BCUT2D eigenvalue weighted by molar-refractivity contribution is 0.0595. The molecule has 31 heavy (non-hydrogen) atoms. The van der Waals surface area contributed by atoms with Crippen molar-refractivity contribution < 1.29 is 13.2 Å². The van der Waals surface area contributed by atoms with E-state index in [1.807, 2.05) is 0 Å². The number of nitrogens with one attached hydrogen (secondary N) is 1. The van der Waals surface area contributed by atoms with Crippen LogP contribution in [0, 0.1) is 5.92 Å². The van der Waals surface area contributed by atoms with Crippen LogP contribution >= 0.6 is 11.6 Å². The molecule has 0 aromatic carbocycles. The topological polar surface area (TPSA) is 111 Å². The van der Waals surface area contributed by atoms with Crippen LogP contribution in [0.15, 0.2) is 28.3 Å². The molecule has 10 nitrogen and oxygen atoms in total. The Balaban J connectivity index is 1.40. The summed E-state index contributed by atoms with van der Waals surface area (Å²) < 4.78 is 35.3. The predicted molar refractivity (Wildman–Crippen MR) is 116 cm³/mol. The van der Waals surface area contributed by atoms with Crippen LogP contribution in [0.4, 0.5) is 5.69 Å². The summed E-state index contributed by atoms with van der Waals surface area (Å²) in [5.41, 5.74) is 0.158. The van der Waals surface area contributed by atoms with E-state index < -0.39 is 10.0 Å². The molecule has 1 N–H and O–H groups in total. The molecule has 0 spiro atoms.